The van der Waals surface area contributed by atoms with Gasteiger partial charge in [0.25, 0.3) is 0 Å². The molecule has 1 heterocycles. The van der Waals surface area contributed by atoms with E-state index in [1.54, 1.807) is 0 Å². The molecule has 4 atom stereocenters. The number of imidazole rings is 1. The minimum absolute atomic E-state index is 0.117. The average Bonchev–Trinajstić information content (AvgIpc) is 3.20. The van der Waals surface area contributed by atoms with Crippen molar-refractivity contribution in [3.63, 3.8) is 0 Å². The van der Waals surface area contributed by atoms with Crippen LogP contribution in [0.2, 0.25) is 0 Å². The van der Waals surface area contributed by atoms with Crippen molar-refractivity contribution in [3.05, 3.63) is 18.2 Å². The van der Waals surface area contributed by atoms with Gasteiger partial charge in [0.05, 0.1) is 19.0 Å². The van der Waals surface area contributed by atoms with E-state index in [-0.39, 0.29) is 12.8 Å². The molecule has 1 aromatic heterocycles. The summed E-state index contributed by atoms with van der Waals surface area (Å²) in [5.74, 6) is -5.12. The van der Waals surface area contributed by atoms with Crippen molar-refractivity contribution in [2.75, 3.05) is 6.54 Å². The summed E-state index contributed by atoms with van der Waals surface area (Å²) in [7, 11) is 0. The lowest BCUT2D eigenvalue weighted by atomic mass is 10.1. The van der Waals surface area contributed by atoms with Crippen LogP contribution in [0.4, 0.5) is 0 Å². The number of carboxylic acid groups (broad SMARTS) is 2. The summed E-state index contributed by atoms with van der Waals surface area (Å²) in [5, 5.41) is 34.1. The van der Waals surface area contributed by atoms with Gasteiger partial charge in [-0.2, -0.15) is 0 Å². The summed E-state index contributed by atoms with van der Waals surface area (Å²) in [5.41, 5.74) is 5.87. The van der Waals surface area contributed by atoms with E-state index in [0.29, 0.717) is 5.69 Å². The van der Waals surface area contributed by atoms with Gasteiger partial charge in [-0.3, -0.25) is 19.2 Å². The molecule has 4 unspecified atom stereocenters. The first-order chi connectivity index (χ1) is 14.5. The summed E-state index contributed by atoms with van der Waals surface area (Å²) in [4.78, 5) is 65.1. The van der Waals surface area contributed by atoms with Crippen molar-refractivity contribution in [3.8, 4) is 0 Å². The number of nitrogens with one attached hydrogen (secondary N) is 4. The highest BCUT2D eigenvalue weighted by molar-refractivity contribution is 5.92. The Hall–Kier alpha value is -3.52. The van der Waals surface area contributed by atoms with Gasteiger partial charge in [-0.1, -0.05) is 0 Å². The van der Waals surface area contributed by atoms with Gasteiger partial charge in [0.1, 0.15) is 18.1 Å². The molecule has 0 aliphatic rings. The fourth-order valence-electron chi connectivity index (χ4n) is 2.37. The van der Waals surface area contributed by atoms with Crippen LogP contribution in [0.15, 0.2) is 12.5 Å². The number of amides is 3. The Morgan fingerprint density at radius 1 is 1.13 bits per heavy atom. The second-order valence-corrected chi connectivity index (χ2v) is 6.72. The van der Waals surface area contributed by atoms with E-state index in [1.807, 2.05) is 0 Å². The van der Waals surface area contributed by atoms with Gasteiger partial charge in [0.2, 0.25) is 17.7 Å². The SMILES string of the molecule is CC(O)C(N)C(=O)NCC(=O)NC(CCC(=O)O)C(=O)NC(Cc1cnc[nH]1)C(=O)O. The average molecular weight is 442 g/mol. The van der Waals surface area contributed by atoms with Gasteiger partial charge in [0, 0.05) is 24.7 Å². The van der Waals surface area contributed by atoms with E-state index in [0.717, 1.165) is 0 Å². The van der Waals surface area contributed by atoms with Gasteiger partial charge in [-0.25, -0.2) is 9.78 Å². The van der Waals surface area contributed by atoms with Crippen LogP contribution in [0.5, 0.6) is 0 Å². The molecule has 0 saturated carbocycles. The van der Waals surface area contributed by atoms with Crippen LogP contribution in [0.1, 0.15) is 25.5 Å². The zero-order chi connectivity index (χ0) is 23.6. The van der Waals surface area contributed by atoms with Crippen LogP contribution in [0, 0.1) is 0 Å². The van der Waals surface area contributed by atoms with Crippen molar-refractivity contribution in [2.45, 2.75) is 50.4 Å². The van der Waals surface area contributed by atoms with E-state index in [4.69, 9.17) is 10.8 Å². The van der Waals surface area contributed by atoms with Gasteiger partial charge in [-0.15, -0.1) is 0 Å². The maximum Gasteiger partial charge on any atom is 0.326 e. The van der Waals surface area contributed by atoms with E-state index >= 15 is 0 Å². The van der Waals surface area contributed by atoms with Gasteiger partial charge in [-0.05, 0) is 13.3 Å². The quantitative estimate of drug-likeness (QED) is 0.151. The summed E-state index contributed by atoms with van der Waals surface area (Å²) in [6.07, 6.45) is 0.657. The third-order valence-electron chi connectivity index (χ3n) is 4.14. The summed E-state index contributed by atoms with van der Waals surface area (Å²) < 4.78 is 0. The van der Waals surface area contributed by atoms with E-state index in [2.05, 4.69) is 25.9 Å². The molecule has 1 rings (SSSR count). The first-order valence-electron chi connectivity index (χ1n) is 9.24. The summed E-state index contributed by atoms with van der Waals surface area (Å²) in [6, 6.07) is -3.99. The van der Waals surface area contributed by atoms with Crippen molar-refractivity contribution in [2.24, 2.45) is 5.73 Å². The lowest BCUT2D eigenvalue weighted by Gasteiger charge is -2.21. The van der Waals surface area contributed by atoms with Gasteiger partial charge >= 0.3 is 11.9 Å². The molecule has 3 amide bonds. The topological polar surface area (TPSA) is 237 Å². The first kappa shape index (κ1) is 25.5. The number of rotatable bonds is 13. The second-order valence-electron chi connectivity index (χ2n) is 6.72. The molecule has 0 radical (unpaired) electrons. The predicted molar refractivity (Wildman–Crippen MR) is 103 cm³/mol. The third-order valence-corrected chi connectivity index (χ3v) is 4.14. The van der Waals surface area contributed by atoms with Crippen LogP contribution in [-0.2, 0) is 30.4 Å². The second kappa shape index (κ2) is 12.2. The molecule has 0 aromatic carbocycles. The maximum absolute atomic E-state index is 12.5. The molecule has 0 fully saturated rings. The number of aromatic nitrogens is 2. The molecule has 14 heteroatoms. The lowest BCUT2D eigenvalue weighted by molar-refractivity contribution is -0.143. The number of hydrogen-bond donors (Lipinski definition) is 8. The molecule has 31 heavy (non-hydrogen) atoms. The van der Waals surface area contributed by atoms with Crippen LogP contribution >= 0.6 is 0 Å². The summed E-state index contributed by atoms with van der Waals surface area (Å²) in [6.45, 7) is 0.700. The van der Waals surface area contributed by atoms with Crippen molar-refractivity contribution >= 4 is 29.7 Å². The highest BCUT2D eigenvalue weighted by Crippen LogP contribution is 2.03. The number of nitrogens with two attached hydrogens (primary N) is 1. The van der Waals surface area contributed by atoms with Crippen molar-refractivity contribution in [1.82, 2.24) is 25.9 Å². The lowest BCUT2D eigenvalue weighted by Crippen LogP contribution is -2.54. The fourth-order valence-corrected chi connectivity index (χ4v) is 2.37. The number of carbonyl (C=O) groups is 5. The standard InChI is InChI=1S/C17H26N6O8/c1-8(24)14(18)16(29)20-6-12(25)22-10(2-3-13(26)27)15(28)23-11(17(30)31)4-9-5-19-7-21-9/h5,7-8,10-11,14,24H,2-4,6,18H2,1H3,(H,19,21)(H,20,29)(H,22,25)(H,23,28)(H,26,27)(H,30,31). The van der Waals surface area contributed by atoms with Gasteiger partial charge in [0.15, 0.2) is 0 Å². The Kier molecular flexibility index (Phi) is 10.1. The highest BCUT2D eigenvalue weighted by Gasteiger charge is 2.28. The Morgan fingerprint density at radius 2 is 1.81 bits per heavy atom. The Labute approximate surface area is 176 Å². The predicted octanol–water partition coefficient (Wildman–Crippen LogP) is -3.30. The van der Waals surface area contributed by atoms with E-state index in [1.165, 1.54) is 19.4 Å². The Morgan fingerprint density at radius 3 is 2.32 bits per heavy atom. The number of H-pyrrole nitrogens is 1. The van der Waals surface area contributed by atoms with Crippen LogP contribution < -0.4 is 21.7 Å². The molecule has 0 spiro atoms. The van der Waals surface area contributed by atoms with Crippen molar-refractivity contribution in [1.29, 1.82) is 0 Å². The minimum atomic E-state index is -1.37. The molecule has 1 aromatic rings. The van der Waals surface area contributed by atoms with Crippen LogP contribution in [-0.4, -0.2) is 85.7 Å². The van der Waals surface area contributed by atoms with Crippen LogP contribution in [0.3, 0.4) is 0 Å². The number of aliphatic carboxylic acids is 2. The molecule has 0 saturated heterocycles. The molecular weight excluding hydrogens is 416 g/mol. The molecule has 0 aliphatic heterocycles. The normalized spacial score (nSPS) is 14.5. The van der Waals surface area contributed by atoms with Crippen LogP contribution in [0.25, 0.3) is 0 Å². The zero-order valence-electron chi connectivity index (χ0n) is 16.7. The van der Waals surface area contributed by atoms with E-state index in [9.17, 15) is 34.2 Å². The molecular formula is C17H26N6O8. The smallest absolute Gasteiger partial charge is 0.326 e. The monoisotopic (exact) mass is 442 g/mol. The fraction of sp³-hybridized carbons (Fsp3) is 0.529. The third kappa shape index (κ3) is 9.22. The number of carbonyl (C=O) groups excluding carboxylic acids is 3. The summed E-state index contributed by atoms with van der Waals surface area (Å²) >= 11 is 0. The number of aliphatic hydroxyl groups excluding tert-OH is 1. The van der Waals surface area contributed by atoms with Gasteiger partial charge < -0.3 is 42.0 Å². The molecule has 172 valence electrons. The number of hydrogen-bond acceptors (Lipinski definition) is 8. The number of aromatic amines is 1. The number of carboxylic acids is 2. The Bertz CT molecular complexity index is 782. The maximum atomic E-state index is 12.5. The first-order valence-corrected chi connectivity index (χ1v) is 9.24. The number of nitrogens with zero attached hydrogens (tertiary/aromatic N) is 1. The number of aliphatic hydroxyl groups is 1. The molecule has 0 aliphatic carbocycles. The zero-order valence-corrected chi connectivity index (χ0v) is 16.7. The molecule has 14 nitrogen and oxygen atoms in total. The minimum Gasteiger partial charge on any atom is -0.481 e. The molecule has 9 N–H and O–H groups in total. The highest BCUT2D eigenvalue weighted by atomic mass is 16.4. The van der Waals surface area contributed by atoms with E-state index < -0.39 is 66.9 Å². The van der Waals surface area contributed by atoms with Crippen molar-refractivity contribution < 1.29 is 39.3 Å². The Balaban J connectivity index is 2.75. The molecule has 0 bridgehead atoms. The largest absolute Gasteiger partial charge is 0.481 e.